The third kappa shape index (κ3) is 5.65. The van der Waals surface area contributed by atoms with Gasteiger partial charge in [-0.05, 0) is 29.3 Å². The van der Waals surface area contributed by atoms with E-state index >= 15 is 0 Å². The van der Waals surface area contributed by atoms with Crippen molar-refractivity contribution in [3.05, 3.63) is 118 Å². The molecule has 8 nitrogen and oxygen atoms in total. The Balaban J connectivity index is 1.67. The molecule has 0 atom stereocenters. The zero-order chi connectivity index (χ0) is 24.8. The molecule has 4 aromatic rings. The van der Waals surface area contributed by atoms with Gasteiger partial charge in [0.05, 0.1) is 27.5 Å². The second-order valence-corrected chi connectivity index (χ2v) is 9.40. The van der Waals surface area contributed by atoms with Crippen LogP contribution in [-0.2, 0) is 10.0 Å². The lowest BCUT2D eigenvalue weighted by Crippen LogP contribution is -2.15. The van der Waals surface area contributed by atoms with Gasteiger partial charge in [0.2, 0.25) is 0 Å². The fourth-order valence-corrected chi connectivity index (χ4v) is 4.84. The average Bonchev–Trinajstić information content (AvgIpc) is 2.86. The normalized spacial score (nSPS) is 11.3. The summed E-state index contributed by atoms with van der Waals surface area (Å²) < 4.78 is 28.6. The number of hydrogen-bond acceptors (Lipinski definition) is 6. The van der Waals surface area contributed by atoms with Crippen LogP contribution >= 0.6 is 11.6 Å². The molecule has 0 radical (unpaired) electrons. The van der Waals surface area contributed by atoms with Crippen LogP contribution in [-0.4, -0.2) is 19.6 Å². The number of hydrazone groups is 1. The maximum Gasteiger partial charge on any atom is 0.270 e. The van der Waals surface area contributed by atoms with Crippen LogP contribution in [0.4, 0.5) is 17.1 Å². The number of halogens is 1. The van der Waals surface area contributed by atoms with E-state index in [-0.39, 0.29) is 27.0 Å². The predicted molar refractivity (Wildman–Crippen MR) is 138 cm³/mol. The van der Waals surface area contributed by atoms with Gasteiger partial charge in [-0.2, -0.15) is 5.10 Å². The standard InChI is InChI=1S/C25H19ClN4O4S/c26-22-12-6-7-13-23(22)29-35(33,34)25-16-20(30(31)32)14-15-24(25)28-27-17-19-10-4-5-11-21(19)18-8-2-1-3-9-18/h1-17,28-29H/b27-17+. The number of anilines is 2. The maximum atomic E-state index is 13.1. The number of nitro groups is 1. The van der Waals surface area contributed by atoms with Gasteiger partial charge in [0.25, 0.3) is 15.7 Å². The molecule has 0 heterocycles. The molecule has 0 fully saturated rings. The number of hydrogen-bond donors (Lipinski definition) is 2. The SMILES string of the molecule is O=[N+]([O-])c1ccc(N/N=C/c2ccccc2-c2ccccc2)c(S(=O)(=O)Nc2ccccc2Cl)c1. The maximum absolute atomic E-state index is 13.1. The zero-order valence-electron chi connectivity index (χ0n) is 18.1. The summed E-state index contributed by atoms with van der Waals surface area (Å²) in [5, 5.41) is 15.7. The van der Waals surface area contributed by atoms with E-state index in [1.807, 2.05) is 54.6 Å². The molecule has 0 aliphatic carbocycles. The first-order valence-electron chi connectivity index (χ1n) is 10.3. The van der Waals surface area contributed by atoms with Gasteiger partial charge in [0, 0.05) is 17.7 Å². The number of nitrogens with one attached hydrogen (secondary N) is 2. The Bertz CT molecular complexity index is 1510. The zero-order valence-corrected chi connectivity index (χ0v) is 19.7. The first-order chi connectivity index (χ1) is 16.8. The largest absolute Gasteiger partial charge is 0.278 e. The van der Waals surface area contributed by atoms with E-state index in [1.54, 1.807) is 18.3 Å². The highest BCUT2D eigenvalue weighted by molar-refractivity contribution is 7.93. The molecule has 0 saturated heterocycles. The molecule has 0 spiro atoms. The first kappa shape index (κ1) is 23.9. The summed E-state index contributed by atoms with van der Waals surface area (Å²) in [6.45, 7) is 0. The molecule has 4 rings (SSSR count). The van der Waals surface area contributed by atoms with E-state index in [1.165, 1.54) is 24.3 Å². The van der Waals surface area contributed by atoms with Crippen molar-refractivity contribution in [1.29, 1.82) is 0 Å². The Hall–Kier alpha value is -4.21. The van der Waals surface area contributed by atoms with Crippen molar-refractivity contribution in [3.63, 3.8) is 0 Å². The molecule has 0 amide bonds. The number of nitro benzene ring substituents is 1. The van der Waals surface area contributed by atoms with Gasteiger partial charge < -0.3 is 0 Å². The molecule has 0 aliphatic heterocycles. The number of sulfonamides is 1. The smallest absolute Gasteiger partial charge is 0.270 e. The number of non-ortho nitro benzene ring substituents is 1. The fraction of sp³-hybridized carbons (Fsp3) is 0. The van der Waals surface area contributed by atoms with E-state index < -0.39 is 14.9 Å². The van der Waals surface area contributed by atoms with E-state index in [4.69, 9.17) is 11.6 Å². The van der Waals surface area contributed by atoms with Crippen LogP contribution in [0.2, 0.25) is 5.02 Å². The van der Waals surface area contributed by atoms with E-state index in [2.05, 4.69) is 15.2 Å². The Kier molecular flexibility index (Phi) is 7.09. The van der Waals surface area contributed by atoms with Crippen molar-refractivity contribution in [1.82, 2.24) is 0 Å². The highest BCUT2D eigenvalue weighted by Crippen LogP contribution is 2.30. The molecule has 176 valence electrons. The van der Waals surface area contributed by atoms with Gasteiger partial charge in [-0.1, -0.05) is 78.3 Å². The summed E-state index contributed by atoms with van der Waals surface area (Å²) in [5.74, 6) is 0. The third-order valence-electron chi connectivity index (χ3n) is 5.02. The first-order valence-corrected chi connectivity index (χ1v) is 12.2. The third-order valence-corrected chi connectivity index (χ3v) is 6.75. The molecule has 4 aromatic carbocycles. The van der Waals surface area contributed by atoms with Crippen LogP contribution in [0.25, 0.3) is 11.1 Å². The van der Waals surface area contributed by atoms with Crippen molar-refractivity contribution in [2.75, 3.05) is 10.1 Å². The molecular formula is C25H19ClN4O4S. The van der Waals surface area contributed by atoms with Gasteiger partial charge in [0.15, 0.2) is 0 Å². The lowest BCUT2D eigenvalue weighted by molar-refractivity contribution is -0.385. The summed E-state index contributed by atoms with van der Waals surface area (Å²) in [5.41, 5.74) is 5.27. The number of rotatable bonds is 8. The quantitative estimate of drug-likeness (QED) is 0.169. The fourth-order valence-electron chi connectivity index (χ4n) is 3.34. The van der Waals surface area contributed by atoms with Crippen molar-refractivity contribution >= 4 is 44.9 Å². The van der Waals surface area contributed by atoms with Crippen LogP contribution < -0.4 is 10.1 Å². The second-order valence-electron chi connectivity index (χ2n) is 7.35. The summed E-state index contributed by atoms with van der Waals surface area (Å²) in [6, 6.07) is 27.1. The molecule has 0 unspecified atom stereocenters. The molecule has 0 bridgehead atoms. The highest BCUT2D eigenvalue weighted by Gasteiger charge is 2.23. The molecule has 10 heteroatoms. The number of para-hydroxylation sites is 1. The van der Waals surface area contributed by atoms with Crippen LogP contribution in [0.5, 0.6) is 0 Å². The Morgan fingerprint density at radius 3 is 2.29 bits per heavy atom. The van der Waals surface area contributed by atoms with E-state index in [9.17, 15) is 18.5 Å². The molecule has 0 saturated carbocycles. The lowest BCUT2D eigenvalue weighted by Gasteiger charge is -2.13. The molecule has 0 aliphatic rings. The topological polar surface area (TPSA) is 114 Å². The van der Waals surface area contributed by atoms with E-state index in [0.717, 1.165) is 22.8 Å². The van der Waals surface area contributed by atoms with Crippen LogP contribution in [0.1, 0.15) is 5.56 Å². The lowest BCUT2D eigenvalue weighted by atomic mass is 10.0. The van der Waals surface area contributed by atoms with Gasteiger partial charge in [-0.25, -0.2) is 8.42 Å². The molecular weight excluding hydrogens is 488 g/mol. The predicted octanol–water partition coefficient (Wildman–Crippen LogP) is 6.16. The minimum Gasteiger partial charge on any atom is -0.278 e. The van der Waals surface area contributed by atoms with Crippen molar-refractivity contribution < 1.29 is 13.3 Å². The Morgan fingerprint density at radius 1 is 0.857 bits per heavy atom. The van der Waals surface area contributed by atoms with Gasteiger partial charge in [0.1, 0.15) is 4.90 Å². The molecule has 35 heavy (non-hydrogen) atoms. The summed E-state index contributed by atoms with van der Waals surface area (Å²) in [4.78, 5) is 10.3. The van der Waals surface area contributed by atoms with Crippen molar-refractivity contribution in [2.45, 2.75) is 4.90 Å². The van der Waals surface area contributed by atoms with Crippen molar-refractivity contribution in [2.24, 2.45) is 5.10 Å². The van der Waals surface area contributed by atoms with Crippen LogP contribution in [0, 0.1) is 10.1 Å². The summed E-state index contributed by atoms with van der Waals surface area (Å²) in [7, 11) is -4.24. The van der Waals surface area contributed by atoms with Crippen LogP contribution in [0.3, 0.4) is 0 Å². The Labute approximate surface area is 207 Å². The van der Waals surface area contributed by atoms with Gasteiger partial charge >= 0.3 is 0 Å². The number of benzene rings is 4. The summed E-state index contributed by atoms with van der Waals surface area (Å²) in [6.07, 6.45) is 1.56. The minimum absolute atomic E-state index is 0.0589. The second kappa shape index (κ2) is 10.4. The van der Waals surface area contributed by atoms with Gasteiger partial charge in [-0.3, -0.25) is 20.3 Å². The number of nitrogens with zero attached hydrogens (tertiary/aromatic N) is 2. The molecule has 0 aromatic heterocycles. The summed E-state index contributed by atoms with van der Waals surface area (Å²) >= 11 is 6.08. The van der Waals surface area contributed by atoms with Crippen molar-refractivity contribution in [3.8, 4) is 11.1 Å². The van der Waals surface area contributed by atoms with Gasteiger partial charge in [-0.15, -0.1) is 0 Å². The minimum atomic E-state index is -4.24. The van der Waals surface area contributed by atoms with E-state index in [0.29, 0.717) is 0 Å². The Morgan fingerprint density at radius 2 is 1.54 bits per heavy atom. The highest BCUT2D eigenvalue weighted by atomic mass is 35.5. The monoisotopic (exact) mass is 506 g/mol. The molecule has 2 N–H and O–H groups in total. The van der Waals surface area contributed by atoms with Crippen LogP contribution in [0.15, 0.2) is 107 Å². The average molecular weight is 507 g/mol.